The van der Waals surface area contributed by atoms with Crippen LogP contribution < -0.4 is 14.9 Å². The molecule has 1 heterocycles. The van der Waals surface area contributed by atoms with E-state index >= 15 is 0 Å². The summed E-state index contributed by atoms with van der Waals surface area (Å²) in [5, 5.41) is 28.9. The Balaban J connectivity index is 2.12. The Morgan fingerprint density at radius 2 is 1.96 bits per heavy atom. The van der Waals surface area contributed by atoms with Crippen LogP contribution in [0.1, 0.15) is 11.5 Å². The fourth-order valence-electron chi connectivity index (χ4n) is 1.50. The number of aromatic nitrogens is 2. The van der Waals surface area contributed by atoms with Crippen LogP contribution >= 0.6 is 11.8 Å². The van der Waals surface area contributed by atoms with E-state index in [2.05, 4.69) is 10.2 Å². The van der Waals surface area contributed by atoms with Crippen molar-refractivity contribution in [1.82, 2.24) is 10.2 Å². The van der Waals surface area contributed by atoms with Crippen molar-refractivity contribution < 1.29 is 29.0 Å². The first kappa shape index (κ1) is 16.6. The van der Waals surface area contributed by atoms with Gasteiger partial charge in [0.25, 0.3) is 5.22 Å². The quantitative estimate of drug-likeness (QED) is 0.481. The Morgan fingerprint density at radius 1 is 1.26 bits per heavy atom. The van der Waals surface area contributed by atoms with Crippen molar-refractivity contribution in [2.45, 2.75) is 12.1 Å². The first-order valence-corrected chi connectivity index (χ1v) is 7.09. The average molecular weight is 334 g/mol. The SMILES string of the molecule is Cc1nnc(S/C(=C\c2ccc(OCC(=O)[O-])cc2)C(=O)[O-])o1. The number of carbonyl (C=O) groups is 2. The molecule has 0 unspecified atom stereocenters. The summed E-state index contributed by atoms with van der Waals surface area (Å²) in [5.74, 6) is -2.08. The van der Waals surface area contributed by atoms with Crippen LogP contribution in [0.3, 0.4) is 0 Å². The van der Waals surface area contributed by atoms with Crippen molar-refractivity contribution in [2.75, 3.05) is 6.61 Å². The van der Waals surface area contributed by atoms with E-state index in [4.69, 9.17) is 9.15 Å². The number of aliphatic carboxylic acids is 2. The third-order valence-electron chi connectivity index (χ3n) is 2.44. The topological polar surface area (TPSA) is 128 Å². The molecule has 0 saturated heterocycles. The van der Waals surface area contributed by atoms with Gasteiger partial charge in [-0.15, -0.1) is 10.2 Å². The predicted octanol–water partition coefficient (Wildman–Crippen LogP) is -0.610. The summed E-state index contributed by atoms with van der Waals surface area (Å²) in [5.41, 5.74) is 0.550. The van der Waals surface area contributed by atoms with Crippen LogP contribution in [-0.4, -0.2) is 28.7 Å². The average Bonchev–Trinajstić information content (AvgIpc) is 2.91. The number of carboxylic acids is 2. The molecule has 0 atom stereocenters. The number of ether oxygens (including phenoxy) is 1. The molecule has 2 rings (SSSR count). The van der Waals surface area contributed by atoms with E-state index < -0.39 is 18.5 Å². The van der Waals surface area contributed by atoms with Gasteiger partial charge in [-0.1, -0.05) is 12.1 Å². The molecular weight excluding hydrogens is 324 g/mol. The van der Waals surface area contributed by atoms with Gasteiger partial charge < -0.3 is 29.0 Å². The molecule has 120 valence electrons. The number of carbonyl (C=O) groups excluding carboxylic acids is 2. The maximum Gasteiger partial charge on any atom is 0.281 e. The molecule has 23 heavy (non-hydrogen) atoms. The summed E-state index contributed by atoms with van der Waals surface area (Å²) in [6.07, 6.45) is 1.36. The lowest BCUT2D eigenvalue weighted by atomic mass is 10.2. The van der Waals surface area contributed by atoms with Crippen LogP contribution in [0.4, 0.5) is 0 Å². The Hall–Kier alpha value is -2.81. The lowest BCUT2D eigenvalue weighted by molar-refractivity contribution is -0.307. The second-order valence-corrected chi connectivity index (χ2v) is 5.21. The molecule has 9 heteroatoms. The minimum Gasteiger partial charge on any atom is -0.546 e. The molecule has 0 bridgehead atoms. The smallest absolute Gasteiger partial charge is 0.281 e. The molecule has 0 aliphatic heterocycles. The van der Waals surface area contributed by atoms with Gasteiger partial charge in [0.05, 0.1) is 11.9 Å². The fraction of sp³-hybridized carbons (Fsp3) is 0.143. The van der Waals surface area contributed by atoms with Gasteiger partial charge in [0.15, 0.2) is 0 Å². The van der Waals surface area contributed by atoms with Crippen molar-refractivity contribution in [2.24, 2.45) is 0 Å². The lowest BCUT2D eigenvalue weighted by Crippen LogP contribution is -2.28. The van der Waals surface area contributed by atoms with Gasteiger partial charge in [0.2, 0.25) is 5.89 Å². The Kier molecular flexibility index (Phi) is 5.36. The van der Waals surface area contributed by atoms with Gasteiger partial charge in [-0.2, -0.15) is 0 Å². The summed E-state index contributed by atoms with van der Waals surface area (Å²) in [6, 6.07) is 6.13. The van der Waals surface area contributed by atoms with Crippen molar-refractivity contribution in [3.05, 3.63) is 40.6 Å². The molecule has 1 aromatic carbocycles. The summed E-state index contributed by atoms with van der Waals surface area (Å²) in [6.45, 7) is 1.02. The Morgan fingerprint density at radius 3 is 2.48 bits per heavy atom. The number of carboxylic acid groups (broad SMARTS) is 2. The number of hydrogen-bond acceptors (Lipinski definition) is 9. The minimum absolute atomic E-state index is 0.0897. The maximum absolute atomic E-state index is 11.2. The van der Waals surface area contributed by atoms with Crippen LogP contribution in [0, 0.1) is 6.92 Å². The largest absolute Gasteiger partial charge is 0.546 e. The number of benzene rings is 1. The molecule has 1 aromatic heterocycles. The lowest BCUT2D eigenvalue weighted by Gasteiger charge is -2.08. The van der Waals surface area contributed by atoms with Gasteiger partial charge >= 0.3 is 0 Å². The minimum atomic E-state index is -1.39. The van der Waals surface area contributed by atoms with E-state index in [9.17, 15) is 19.8 Å². The van der Waals surface area contributed by atoms with Crippen molar-refractivity contribution in [1.29, 1.82) is 0 Å². The Labute approximate surface area is 134 Å². The highest BCUT2D eigenvalue weighted by Crippen LogP contribution is 2.27. The molecule has 0 fully saturated rings. The predicted molar refractivity (Wildman–Crippen MR) is 74.8 cm³/mol. The summed E-state index contributed by atoms with van der Waals surface area (Å²) < 4.78 is 10.0. The zero-order valence-corrected chi connectivity index (χ0v) is 12.7. The fourth-order valence-corrected chi connectivity index (χ4v) is 2.21. The van der Waals surface area contributed by atoms with Gasteiger partial charge in [-0.25, -0.2) is 0 Å². The van der Waals surface area contributed by atoms with Crippen LogP contribution in [0.15, 0.2) is 38.8 Å². The number of thioether (sulfide) groups is 1. The Bertz CT molecular complexity index is 738. The number of aryl methyl sites for hydroxylation is 1. The number of hydrogen-bond donors (Lipinski definition) is 0. The van der Waals surface area contributed by atoms with E-state index in [0.29, 0.717) is 17.2 Å². The van der Waals surface area contributed by atoms with Crippen molar-refractivity contribution in [3.8, 4) is 5.75 Å². The summed E-state index contributed by atoms with van der Waals surface area (Å²) in [4.78, 5) is 21.4. The van der Waals surface area contributed by atoms with Gasteiger partial charge in [-0.3, -0.25) is 0 Å². The highest BCUT2D eigenvalue weighted by atomic mass is 32.2. The molecule has 2 aromatic rings. The maximum atomic E-state index is 11.2. The highest BCUT2D eigenvalue weighted by molar-refractivity contribution is 8.03. The molecule has 0 saturated carbocycles. The van der Waals surface area contributed by atoms with Crippen molar-refractivity contribution >= 4 is 29.8 Å². The second kappa shape index (κ2) is 7.45. The van der Waals surface area contributed by atoms with Crippen LogP contribution in [0.2, 0.25) is 0 Å². The molecule has 0 radical (unpaired) electrons. The van der Waals surface area contributed by atoms with E-state index in [0.717, 1.165) is 11.8 Å². The monoisotopic (exact) mass is 334 g/mol. The zero-order valence-electron chi connectivity index (χ0n) is 11.8. The van der Waals surface area contributed by atoms with Crippen LogP contribution in [-0.2, 0) is 9.59 Å². The third-order valence-corrected chi connectivity index (χ3v) is 3.28. The second-order valence-electron chi connectivity index (χ2n) is 4.21. The molecule has 0 N–H and O–H groups in total. The van der Waals surface area contributed by atoms with E-state index in [1.54, 1.807) is 19.1 Å². The zero-order chi connectivity index (χ0) is 16.8. The molecule has 0 aliphatic rings. The molecular formula is C14H10N2O6S-2. The molecule has 0 spiro atoms. The number of rotatable bonds is 7. The van der Waals surface area contributed by atoms with E-state index in [1.807, 2.05) is 0 Å². The third kappa shape index (κ3) is 5.15. The highest BCUT2D eigenvalue weighted by Gasteiger charge is 2.09. The number of nitrogens with zero attached hydrogens (tertiary/aromatic N) is 2. The first-order chi connectivity index (χ1) is 10.9. The van der Waals surface area contributed by atoms with E-state index in [1.165, 1.54) is 18.2 Å². The molecule has 8 nitrogen and oxygen atoms in total. The van der Waals surface area contributed by atoms with Crippen LogP contribution in [0.25, 0.3) is 6.08 Å². The van der Waals surface area contributed by atoms with E-state index in [-0.39, 0.29) is 10.1 Å². The normalized spacial score (nSPS) is 11.3. The molecule has 0 amide bonds. The van der Waals surface area contributed by atoms with Gasteiger partial charge in [0, 0.05) is 11.8 Å². The van der Waals surface area contributed by atoms with Gasteiger partial charge in [-0.05, 0) is 35.5 Å². The summed E-state index contributed by atoms with van der Waals surface area (Å²) >= 11 is 0.772. The standard InChI is InChI=1S/C14H12N2O6S/c1-8-15-16-14(22-8)23-11(13(19)20)6-9-2-4-10(5-3-9)21-7-12(17)18/h2-6H,7H2,1H3,(H,17,18)(H,19,20)/p-2/b11-6-. The van der Waals surface area contributed by atoms with Crippen LogP contribution in [0.5, 0.6) is 5.75 Å². The van der Waals surface area contributed by atoms with Gasteiger partial charge in [0.1, 0.15) is 12.4 Å². The van der Waals surface area contributed by atoms with Crippen molar-refractivity contribution in [3.63, 3.8) is 0 Å². The first-order valence-electron chi connectivity index (χ1n) is 6.28. The summed E-state index contributed by atoms with van der Waals surface area (Å²) in [7, 11) is 0. The molecule has 0 aliphatic carbocycles.